The summed E-state index contributed by atoms with van der Waals surface area (Å²) in [7, 11) is 2.83. The van der Waals surface area contributed by atoms with Crippen molar-refractivity contribution in [2.24, 2.45) is 0 Å². The lowest BCUT2D eigenvalue weighted by atomic mass is 10.1. The van der Waals surface area contributed by atoms with Crippen LogP contribution in [0, 0.1) is 13.8 Å². The SMILES string of the molecule is COc1ccc(C(=O)Oc2ccc3c(=O)c(Oc4cc(C)ccc4C)c(C(F)(F)F)oc3c2)cc1OC. The number of ether oxygens (including phenoxy) is 4. The molecule has 0 atom stereocenters. The van der Waals surface area contributed by atoms with Crippen molar-refractivity contribution in [3.05, 3.63) is 87.3 Å². The Morgan fingerprint density at radius 1 is 0.865 bits per heavy atom. The summed E-state index contributed by atoms with van der Waals surface area (Å²) in [5, 5.41) is -0.181. The summed E-state index contributed by atoms with van der Waals surface area (Å²) in [5.41, 5.74) is -0.0705. The molecule has 0 spiro atoms. The number of hydrogen-bond acceptors (Lipinski definition) is 7. The maximum Gasteiger partial charge on any atom is 0.453 e. The van der Waals surface area contributed by atoms with Gasteiger partial charge in [0.1, 0.15) is 17.1 Å². The first kappa shape index (κ1) is 25.6. The average Bonchev–Trinajstić information content (AvgIpc) is 2.86. The van der Waals surface area contributed by atoms with Gasteiger partial charge in [0.15, 0.2) is 11.5 Å². The molecule has 0 amide bonds. The standard InChI is InChI=1S/C27H21F3O7/c1-14-5-6-15(2)20(11-14)36-24-23(31)18-9-8-17(13-21(18)37-25(24)27(28,29)30)35-26(32)16-7-10-19(33-3)22(12-16)34-4/h5-13H,1-4H3. The van der Waals surface area contributed by atoms with Crippen LogP contribution in [0.2, 0.25) is 0 Å². The minimum absolute atomic E-state index is 0.0950. The molecule has 0 aliphatic rings. The van der Waals surface area contributed by atoms with E-state index in [1.807, 2.05) is 0 Å². The summed E-state index contributed by atoms with van der Waals surface area (Å²) in [5.74, 6) is -2.76. The summed E-state index contributed by atoms with van der Waals surface area (Å²) in [6.45, 7) is 3.38. The van der Waals surface area contributed by atoms with E-state index in [0.29, 0.717) is 11.3 Å². The summed E-state index contributed by atoms with van der Waals surface area (Å²) < 4.78 is 67.8. The molecule has 0 saturated heterocycles. The van der Waals surface area contributed by atoms with Crippen LogP contribution in [-0.4, -0.2) is 20.2 Å². The van der Waals surface area contributed by atoms with Crippen molar-refractivity contribution in [2.75, 3.05) is 14.2 Å². The Kier molecular flexibility index (Phi) is 6.84. The fourth-order valence-electron chi connectivity index (χ4n) is 3.56. The fraction of sp³-hybridized carbons (Fsp3) is 0.185. The van der Waals surface area contributed by atoms with Gasteiger partial charge < -0.3 is 23.4 Å². The number of alkyl halides is 3. The second-order valence-electron chi connectivity index (χ2n) is 8.08. The van der Waals surface area contributed by atoms with Crippen LogP contribution < -0.4 is 24.4 Å². The van der Waals surface area contributed by atoms with Crippen LogP contribution in [-0.2, 0) is 6.18 Å². The molecule has 0 bridgehead atoms. The molecule has 0 fully saturated rings. The molecule has 192 valence electrons. The fourth-order valence-corrected chi connectivity index (χ4v) is 3.56. The van der Waals surface area contributed by atoms with Gasteiger partial charge in [0.25, 0.3) is 5.76 Å². The molecule has 37 heavy (non-hydrogen) atoms. The molecule has 0 N–H and O–H groups in total. The Labute approximate surface area is 208 Å². The molecule has 7 nitrogen and oxygen atoms in total. The molecule has 0 aliphatic heterocycles. The summed E-state index contributed by atoms with van der Waals surface area (Å²) in [4.78, 5) is 25.7. The number of esters is 1. The molecule has 0 unspecified atom stereocenters. The highest BCUT2D eigenvalue weighted by Crippen LogP contribution is 2.39. The Hall–Kier alpha value is -4.47. The molecule has 10 heteroatoms. The molecule has 4 rings (SSSR count). The van der Waals surface area contributed by atoms with Gasteiger partial charge in [-0.3, -0.25) is 4.79 Å². The lowest BCUT2D eigenvalue weighted by Gasteiger charge is -2.15. The monoisotopic (exact) mass is 514 g/mol. The van der Waals surface area contributed by atoms with Crippen molar-refractivity contribution < 1.29 is 41.3 Å². The summed E-state index contributed by atoms with van der Waals surface area (Å²) in [6.07, 6.45) is -5.03. The van der Waals surface area contributed by atoms with Gasteiger partial charge in [0.2, 0.25) is 11.2 Å². The molecule has 3 aromatic carbocycles. The molecule has 0 radical (unpaired) electrons. The minimum atomic E-state index is -5.03. The Bertz CT molecular complexity index is 1550. The number of fused-ring (bicyclic) bond motifs is 1. The smallest absolute Gasteiger partial charge is 0.453 e. The molecule has 0 saturated carbocycles. The Morgan fingerprint density at radius 3 is 2.27 bits per heavy atom. The number of aryl methyl sites for hydroxylation is 2. The predicted molar refractivity (Wildman–Crippen MR) is 128 cm³/mol. The number of rotatable bonds is 6. The van der Waals surface area contributed by atoms with Gasteiger partial charge in [0.05, 0.1) is 25.2 Å². The van der Waals surface area contributed by atoms with Gasteiger partial charge in [-0.15, -0.1) is 0 Å². The first-order valence-corrected chi connectivity index (χ1v) is 10.9. The van der Waals surface area contributed by atoms with Crippen LogP contribution in [0.25, 0.3) is 11.0 Å². The zero-order chi connectivity index (χ0) is 26.9. The number of carbonyl (C=O) groups excluding carboxylic acids is 1. The number of carbonyl (C=O) groups is 1. The van der Waals surface area contributed by atoms with E-state index in [0.717, 1.165) is 11.6 Å². The summed E-state index contributed by atoms with van der Waals surface area (Å²) >= 11 is 0. The first-order valence-electron chi connectivity index (χ1n) is 10.9. The Balaban J connectivity index is 1.74. The highest BCUT2D eigenvalue weighted by molar-refractivity contribution is 5.92. The van der Waals surface area contributed by atoms with Gasteiger partial charge in [-0.05, 0) is 61.4 Å². The van der Waals surface area contributed by atoms with Crippen LogP contribution in [0.15, 0.2) is 63.8 Å². The molecular formula is C27H21F3O7. The maximum absolute atomic E-state index is 13.9. The van der Waals surface area contributed by atoms with Gasteiger partial charge in [0, 0.05) is 6.07 Å². The van der Waals surface area contributed by atoms with Crippen molar-refractivity contribution in [3.8, 4) is 28.7 Å². The van der Waals surface area contributed by atoms with E-state index in [-0.39, 0.29) is 28.2 Å². The second kappa shape index (κ2) is 9.88. The maximum atomic E-state index is 13.9. The highest BCUT2D eigenvalue weighted by Gasteiger charge is 2.40. The van der Waals surface area contributed by atoms with Gasteiger partial charge in [-0.1, -0.05) is 12.1 Å². The highest BCUT2D eigenvalue weighted by atomic mass is 19.4. The molecule has 1 aromatic heterocycles. The van der Waals surface area contributed by atoms with E-state index in [4.69, 9.17) is 23.4 Å². The van der Waals surface area contributed by atoms with Crippen molar-refractivity contribution in [1.29, 1.82) is 0 Å². The van der Waals surface area contributed by atoms with Crippen LogP contribution in [0.3, 0.4) is 0 Å². The van der Waals surface area contributed by atoms with Gasteiger partial charge in [-0.2, -0.15) is 13.2 Å². The van der Waals surface area contributed by atoms with Crippen molar-refractivity contribution in [3.63, 3.8) is 0 Å². The first-order chi connectivity index (χ1) is 17.5. The zero-order valence-corrected chi connectivity index (χ0v) is 20.2. The van der Waals surface area contributed by atoms with E-state index >= 15 is 0 Å². The topological polar surface area (TPSA) is 84.2 Å². The molecule has 1 heterocycles. The summed E-state index contributed by atoms with van der Waals surface area (Å²) in [6, 6.07) is 12.8. The van der Waals surface area contributed by atoms with Gasteiger partial charge >= 0.3 is 12.1 Å². The van der Waals surface area contributed by atoms with Crippen LogP contribution in [0.5, 0.6) is 28.7 Å². The molecular weight excluding hydrogens is 493 g/mol. The third kappa shape index (κ3) is 5.23. The van der Waals surface area contributed by atoms with E-state index < -0.39 is 34.7 Å². The number of halogens is 3. The predicted octanol–water partition coefficient (Wildman–Crippen LogP) is 6.46. The van der Waals surface area contributed by atoms with Gasteiger partial charge in [-0.25, -0.2) is 4.79 Å². The second-order valence-corrected chi connectivity index (χ2v) is 8.08. The number of benzene rings is 3. The largest absolute Gasteiger partial charge is 0.493 e. The lowest BCUT2D eigenvalue weighted by molar-refractivity contribution is -0.154. The number of methoxy groups -OCH3 is 2. The molecule has 0 aliphatic carbocycles. The Morgan fingerprint density at radius 2 is 1.59 bits per heavy atom. The van der Waals surface area contributed by atoms with E-state index in [2.05, 4.69) is 0 Å². The van der Waals surface area contributed by atoms with Crippen molar-refractivity contribution in [2.45, 2.75) is 20.0 Å². The zero-order valence-electron chi connectivity index (χ0n) is 20.2. The quantitative estimate of drug-likeness (QED) is 0.216. The van der Waals surface area contributed by atoms with Crippen molar-refractivity contribution >= 4 is 16.9 Å². The minimum Gasteiger partial charge on any atom is -0.493 e. The van der Waals surface area contributed by atoms with Crippen molar-refractivity contribution in [1.82, 2.24) is 0 Å². The van der Waals surface area contributed by atoms with Crippen LogP contribution >= 0.6 is 0 Å². The normalized spacial score (nSPS) is 11.3. The van der Waals surface area contributed by atoms with Crippen LogP contribution in [0.4, 0.5) is 13.2 Å². The third-order valence-electron chi connectivity index (χ3n) is 5.47. The van der Waals surface area contributed by atoms with E-state index in [1.54, 1.807) is 26.0 Å². The molecule has 4 aromatic rings. The third-order valence-corrected chi connectivity index (χ3v) is 5.47. The average molecular weight is 514 g/mol. The van der Waals surface area contributed by atoms with Crippen LogP contribution in [0.1, 0.15) is 27.2 Å². The van der Waals surface area contributed by atoms with E-state index in [1.165, 1.54) is 50.6 Å². The lowest BCUT2D eigenvalue weighted by Crippen LogP contribution is -2.16. The van der Waals surface area contributed by atoms with E-state index in [9.17, 15) is 22.8 Å². The number of hydrogen-bond donors (Lipinski definition) is 0.